The van der Waals surface area contributed by atoms with Crippen LogP contribution in [0.15, 0.2) is 82.5 Å². The fourth-order valence-electron chi connectivity index (χ4n) is 4.93. The summed E-state index contributed by atoms with van der Waals surface area (Å²) in [5.74, 6) is 2.06. The van der Waals surface area contributed by atoms with Gasteiger partial charge in [0.1, 0.15) is 17.8 Å². The largest absolute Gasteiger partial charge is 0.497 e. The molecule has 7 rings (SSSR count). The first-order chi connectivity index (χ1) is 17.6. The van der Waals surface area contributed by atoms with Crippen LogP contribution in [0, 0.1) is 0 Å². The molecule has 0 bridgehead atoms. The Balaban J connectivity index is 1.57. The Labute approximate surface area is 204 Å². The molecule has 0 N–H and O–H groups in total. The lowest BCUT2D eigenvalue weighted by atomic mass is 9.83. The molecule has 0 saturated heterocycles. The molecular formula is C27H19N5O4. The zero-order valence-electron chi connectivity index (χ0n) is 19.4. The van der Waals surface area contributed by atoms with Crippen molar-refractivity contribution in [2.45, 2.75) is 5.92 Å². The summed E-state index contributed by atoms with van der Waals surface area (Å²) in [6.07, 6.45) is 3.13. The van der Waals surface area contributed by atoms with Gasteiger partial charge in [0.05, 0.1) is 35.9 Å². The molecule has 9 nitrogen and oxygen atoms in total. The monoisotopic (exact) mass is 477 g/mol. The molecule has 2 aromatic carbocycles. The van der Waals surface area contributed by atoms with E-state index in [0.717, 1.165) is 22.2 Å². The Kier molecular flexibility index (Phi) is 4.28. The van der Waals surface area contributed by atoms with Crippen molar-refractivity contribution in [2.24, 2.45) is 7.05 Å². The maximum atomic E-state index is 13.9. The Morgan fingerprint density at radius 3 is 2.61 bits per heavy atom. The summed E-state index contributed by atoms with van der Waals surface area (Å²) in [6.45, 7) is 0. The van der Waals surface area contributed by atoms with Crippen molar-refractivity contribution in [3.8, 4) is 29.0 Å². The minimum atomic E-state index is -0.497. The van der Waals surface area contributed by atoms with E-state index in [1.54, 1.807) is 48.0 Å². The number of aromatic nitrogens is 5. The molecule has 0 saturated carbocycles. The average Bonchev–Trinajstić information content (AvgIpc) is 3.61. The number of fused-ring (bicyclic) bond motifs is 6. The number of rotatable bonds is 3. The maximum absolute atomic E-state index is 13.9. The fourth-order valence-corrected chi connectivity index (χ4v) is 4.93. The SMILES string of the molecule is COc1ccc(C2c3c(c4ccccc4n(C)c3=O)Oc3ncn4nc(-c5ccco5)nc4c32)cc1. The van der Waals surface area contributed by atoms with Crippen molar-refractivity contribution in [3.63, 3.8) is 0 Å². The number of pyridine rings is 1. The van der Waals surface area contributed by atoms with Gasteiger partial charge in [0.25, 0.3) is 5.56 Å². The van der Waals surface area contributed by atoms with Crippen molar-refractivity contribution in [2.75, 3.05) is 7.11 Å². The lowest BCUT2D eigenvalue weighted by molar-refractivity contribution is 0.414. The summed E-state index contributed by atoms with van der Waals surface area (Å²) in [5, 5.41) is 5.39. The van der Waals surface area contributed by atoms with Gasteiger partial charge in [-0.1, -0.05) is 24.3 Å². The van der Waals surface area contributed by atoms with Gasteiger partial charge in [-0.05, 0) is 42.0 Å². The highest BCUT2D eigenvalue weighted by Crippen LogP contribution is 2.48. The quantitative estimate of drug-likeness (QED) is 0.369. The molecule has 0 amide bonds. The topological polar surface area (TPSA) is 96.7 Å². The van der Waals surface area contributed by atoms with E-state index in [2.05, 4.69) is 10.1 Å². The van der Waals surface area contributed by atoms with E-state index < -0.39 is 5.92 Å². The summed E-state index contributed by atoms with van der Waals surface area (Å²) >= 11 is 0. The Morgan fingerprint density at radius 2 is 1.83 bits per heavy atom. The van der Waals surface area contributed by atoms with E-state index in [-0.39, 0.29) is 5.56 Å². The van der Waals surface area contributed by atoms with E-state index in [0.29, 0.717) is 40.0 Å². The molecule has 0 radical (unpaired) electrons. The lowest BCUT2D eigenvalue weighted by Crippen LogP contribution is -2.28. The summed E-state index contributed by atoms with van der Waals surface area (Å²) in [5.41, 5.74) is 3.23. The third-order valence-electron chi connectivity index (χ3n) is 6.64. The molecule has 1 aliphatic rings. The number of aryl methyl sites for hydroxylation is 1. The molecule has 1 unspecified atom stereocenters. The zero-order chi connectivity index (χ0) is 24.4. The van der Waals surface area contributed by atoms with Crippen molar-refractivity contribution >= 4 is 16.6 Å². The van der Waals surface area contributed by atoms with Gasteiger partial charge >= 0.3 is 0 Å². The van der Waals surface area contributed by atoms with Gasteiger partial charge in [-0.2, -0.15) is 0 Å². The second kappa shape index (κ2) is 7.54. The molecule has 5 heterocycles. The number of para-hydroxylation sites is 1. The van der Waals surface area contributed by atoms with Gasteiger partial charge < -0.3 is 18.5 Å². The second-order valence-electron chi connectivity index (χ2n) is 8.58. The van der Waals surface area contributed by atoms with Crippen LogP contribution in [-0.2, 0) is 7.05 Å². The highest BCUT2D eigenvalue weighted by Gasteiger charge is 2.37. The first-order valence-electron chi connectivity index (χ1n) is 11.4. The van der Waals surface area contributed by atoms with Crippen LogP contribution in [0.2, 0.25) is 0 Å². The molecule has 176 valence electrons. The zero-order valence-corrected chi connectivity index (χ0v) is 19.4. The summed E-state index contributed by atoms with van der Waals surface area (Å²) in [6, 6.07) is 18.9. The van der Waals surface area contributed by atoms with Crippen LogP contribution in [0.3, 0.4) is 0 Å². The van der Waals surface area contributed by atoms with Gasteiger partial charge in [0.2, 0.25) is 11.7 Å². The predicted molar refractivity (Wildman–Crippen MR) is 132 cm³/mol. The van der Waals surface area contributed by atoms with Gasteiger partial charge in [0.15, 0.2) is 11.4 Å². The molecule has 9 heteroatoms. The molecule has 0 aliphatic carbocycles. The van der Waals surface area contributed by atoms with Gasteiger partial charge in [-0.25, -0.2) is 14.5 Å². The van der Waals surface area contributed by atoms with E-state index in [1.807, 2.05) is 48.5 Å². The first kappa shape index (κ1) is 20.5. The van der Waals surface area contributed by atoms with E-state index in [4.69, 9.17) is 18.9 Å². The van der Waals surface area contributed by atoms with Crippen molar-refractivity contribution in [1.82, 2.24) is 24.1 Å². The fraction of sp³-hybridized carbons (Fsp3) is 0.111. The standard InChI is InChI=1S/C27H19N5O4/c1-31-18-7-4-3-6-17(18)23-21(27(31)33)20(15-9-11-16(34-2)12-10-15)22-25-29-24(19-8-5-13-35-19)30-32(25)14-28-26(22)36-23/h3-14,20H,1-2H3. The average molecular weight is 477 g/mol. The summed E-state index contributed by atoms with van der Waals surface area (Å²) in [7, 11) is 3.40. The maximum Gasteiger partial charge on any atom is 0.258 e. The van der Waals surface area contributed by atoms with Gasteiger partial charge in [0, 0.05) is 12.4 Å². The molecule has 6 aromatic rings. The Bertz CT molecular complexity index is 1840. The normalized spacial score (nSPS) is 14.4. The molecular weight excluding hydrogens is 458 g/mol. The van der Waals surface area contributed by atoms with Crippen LogP contribution in [0.4, 0.5) is 0 Å². The molecule has 0 fully saturated rings. The summed E-state index contributed by atoms with van der Waals surface area (Å²) in [4.78, 5) is 23.2. The minimum absolute atomic E-state index is 0.150. The molecule has 1 aliphatic heterocycles. The van der Waals surface area contributed by atoms with Crippen LogP contribution in [-0.4, -0.2) is 31.3 Å². The molecule has 0 spiro atoms. The van der Waals surface area contributed by atoms with E-state index >= 15 is 0 Å². The lowest BCUT2D eigenvalue weighted by Gasteiger charge is -2.28. The van der Waals surface area contributed by atoms with Crippen LogP contribution < -0.4 is 15.0 Å². The number of hydrogen-bond donors (Lipinski definition) is 0. The van der Waals surface area contributed by atoms with Crippen molar-refractivity contribution < 1.29 is 13.9 Å². The number of ether oxygens (including phenoxy) is 2. The first-order valence-corrected chi connectivity index (χ1v) is 11.4. The highest BCUT2D eigenvalue weighted by molar-refractivity contribution is 5.89. The highest BCUT2D eigenvalue weighted by atomic mass is 16.5. The van der Waals surface area contributed by atoms with Gasteiger partial charge in [-0.15, -0.1) is 5.10 Å². The minimum Gasteiger partial charge on any atom is -0.497 e. The summed E-state index contributed by atoms with van der Waals surface area (Å²) < 4.78 is 20.5. The molecule has 4 aromatic heterocycles. The predicted octanol–water partition coefficient (Wildman–Crippen LogP) is 4.53. The second-order valence-corrected chi connectivity index (χ2v) is 8.58. The van der Waals surface area contributed by atoms with E-state index in [9.17, 15) is 4.79 Å². The molecule has 1 atom stereocenters. The van der Waals surface area contributed by atoms with Crippen molar-refractivity contribution in [3.05, 3.63) is 100 Å². The smallest absolute Gasteiger partial charge is 0.258 e. The van der Waals surface area contributed by atoms with Crippen LogP contribution in [0.25, 0.3) is 28.1 Å². The number of hydrogen-bond acceptors (Lipinski definition) is 7. The van der Waals surface area contributed by atoms with Crippen LogP contribution in [0.1, 0.15) is 22.6 Å². The number of furan rings is 1. The molecule has 36 heavy (non-hydrogen) atoms. The van der Waals surface area contributed by atoms with Crippen molar-refractivity contribution in [1.29, 1.82) is 0 Å². The third kappa shape index (κ3) is 2.83. The number of benzene rings is 2. The Morgan fingerprint density at radius 1 is 1.00 bits per heavy atom. The number of methoxy groups -OCH3 is 1. The van der Waals surface area contributed by atoms with Gasteiger partial charge in [-0.3, -0.25) is 4.79 Å². The third-order valence-corrected chi connectivity index (χ3v) is 6.64. The Hall–Kier alpha value is -4.92. The van der Waals surface area contributed by atoms with E-state index in [1.165, 1.54) is 0 Å². The van der Waals surface area contributed by atoms with Crippen LogP contribution in [0.5, 0.6) is 17.4 Å². The van der Waals surface area contributed by atoms with Crippen LogP contribution >= 0.6 is 0 Å². The number of nitrogens with zero attached hydrogens (tertiary/aromatic N) is 5.